The van der Waals surface area contributed by atoms with Crippen LogP contribution in [0.15, 0.2) is 84.9 Å². The number of nitrogens with one attached hydrogen (secondary N) is 2. The van der Waals surface area contributed by atoms with E-state index >= 15 is 0 Å². The molecule has 0 aliphatic heterocycles. The Morgan fingerprint density at radius 2 is 1.09 bits per heavy atom. The quantitative estimate of drug-likeness (QED) is 0.184. The van der Waals surface area contributed by atoms with Crippen molar-refractivity contribution in [3.05, 3.63) is 108 Å². The average Bonchev–Trinajstić information content (AvgIpc) is 3.91. The smallest absolute Gasteiger partial charge is 0.139 e. The summed E-state index contributed by atoms with van der Waals surface area (Å²) in [5, 5.41) is 7.30. The number of aryl methyl sites for hydroxylation is 2. The van der Waals surface area contributed by atoms with Crippen LogP contribution in [0.4, 0.5) is 20.4 Å². The van der Waals surface area contributed by atoms with Gasteiger partial charge in [0.05, 0.1) is 0 Å². The van der Waals surface area contributed by atoms with Gasteiger partial charge in [0.25, 0.3) is 0 Å². The molecule has 4 aromatic heterocycles. The molecular formula is C39H42F2N6. The number of halogens is 2. The van der Waals surface area contributed by atoms with Crippen molar-refractivity contribution in [3.8, 4) is 22.5 Å². The SMILES string of the molecule is CCc1cccc2nc(-c3ccccc3F)c(NC3CCCC3)n12.Cc1cccc2nc(-c3ccccc3F)c(NC3CCCC3)n12. The monoisotopic (exact) mass is 632 g/mol. The van der Waals surface area contributed by atoms with Gasteiger partial charge in [0.1, 0.15) is 46.0 Å². The molecule has 2 aromatic carbocycles. The van der Waals surface area contributed by atoms with Crippen molar-refractivity contribution in [2.45, 2.75) is 83.7 Å². The molecule has 2 aliphatic carbocycles. The summed E-state index contributed by atoms with van der Waals surface area (Å²) < 4.78 is 33.0. The van der Waals surface area contributed by atoms with Crippen molar-refractivity contribution in [1.82, 2.24) is 18.8 Å². The van der Waals surface area contributed by atoms with E-state index in [1.807, 2.05) is 42.5 Å². The number of fused-ring (bicyclic) bond motifs is 2. The Hall–Kier alpha value is -4.72. The molecule has 0 bridgehead atoms. The van der Waals surface area contributed by atoms with Gasteiger partial charge in [0.2, 0.25) is 0 Å². The van der Waals surface area contributed by atoms with Gasteiger partial charge in [-0.2, -0.15) is 0 Å². The molecule has 47 heavy (non-hydrogen) atoms. The maximum atomic E-state index is 14.4. The molecule has 0 amide bonds. The third kappa shape index (κ3) is 6.21. The number of benzene rings is 2. The fraction of sp³-hybridized carbons (Fsp3) is 0.333. The normalized spacial score (nSPS) is 15.3. The predicted octanol–water partition coefficient (Wildman–Crippen LogP) is 9.86. The van der Waals surface area contributed by atoms with Crippen LogP contribution in [0.5, 0.6) is 0 Å². The van der Waals surface area contributed by atoms with Crippen LogP contribution in [0.25, 0.3) is 33.8 Å². The van der Waals surface area contributed by atoms with E-state index in [1.54, 1.807) is 18.2 Å². The number of nitrogens with zero attached hydrogens (tertiary/aromatic N) is 4. The highest BCUT2D eigenvalue weighted by atomic mass is 19.1. The standard InChI is InChI=1S/C20H22FN3.C19H20FN3/c1-2-15-10-7-13-18-23-19(16-11-5-6-12-17(16)21)20(24(15)18)22-14-8-3-4-9-14;1-13-7-6-12-17-22-18(15-10-4-5-11-16(15)20)19(23(13)17)21-14-8-2-3-9-14/h5-7,10-14,22H,2-4,8-9H2,1H3;4-7,10-12,14,21H,2-3,8-9H2,1H3. The zero-order valence-electron chi connectivity index (χ0n) is 27.1. The Morgan fingerprint density at radius 1 is 0.617 bits per heavy atom. The van der Waals surface area contributed by atoms with Crippen LogP contribution in [-0.4, -0.2) is 30.9 Å². The van der Waals surface area contributed by atoms with Crippen molar-refractivity contribution >= 4 is 22.9 Å². The molecule has 4 heterocycles. The lowest BCUT2D eigenvalue weighted by Crippen LogP contribution is -2.17. The Morgan fingerprint density at radius 3 is 1.60 bits per heavy atom. The second-order valence-corrected chi connectivity index (χ2v) is 12.8. The molecule has 2 aliphatic rings. The summed E-state index contributed by atoms with van der Waals surface area (Å²) in [6.07, 6.45) is 10.6. The van der Waals surface area contributed by atoms with Crippen LogP contribution in [0.1, 0.15) is 69.7 Å². The van der Waals surface area contributed by atoms with Crippen molar-refractivity contribution in [1.29, 1.82) is 0 Å². The van der Waals surface area contributed by atoms with Crippen molar-refractivity contribution in [2.75, 3.05) is 10.6 Å². The summed E-state index contributed by atoms with van der Waals surface area (Å²) in [7, 11) is 0. The molecule has 0 unspecified atom stereocenters. The zero-order valence-corrected chi connectivity index (χ0v) is 27.1. The van der Waals surface area contributed by atoms with Gasteiger partial charge in [-0.15, -0.1) is 0 Å². The van der Waals surface area contributed by atoms with E-state index in [0.717, 1.165) is 60.7 Å². The van der Waals surface area contributed by atoms with Crippen molar-refractivity contribution in [2.24, 2.45) is 0 Å². The summed E-state index contributed by atoms with van der Waals surface area (Å²) in [6, 6.07) is 26.8. The van der Waals surface area contributed by atoms with Crippen molar-refractivity contribution in [3.63, 3.8) is 0 Å². The number of imidazole rings is 2. The first-order chi connectivity index (χ1) is 23.0. The molecule has 2 fully saturated rings. The van der Waals surface area contributed by atoms with E-state index in [4.69, 9.17) is 9.97 Å². The van der Waals surface area contributed by atoms with E-state index in [0.29, 0.717) is 34.6 Å². The molecule has 0 spiro atoms. The van der Waals surface area contributed by atoms with Gasteiger partial charge in [-0.25, -0.2) is 18.7 Å². The van der Waals surface area contributed by atoms with E-state index in [2.05, 4.69) is 45.4 Å². The lowest BCUT2D eigenvalue weighted by Gasteiger charge is -2.16. The van der Waals surface area contributed by atoms with E-state index in [1.165, 1.54) is 43.5 Å². The van der Waals surface area contributed by atoms with Crippen LogP contribution in [0, 0.1) is 18.6 Å². The average molecular weight is 633 g/mol. The summed E-state index contributed by atoms with van der Waals surface area (Å²) >= 11 is 0. The zero-order chi connectivity index (χ0) is 32.3. The molecular weight excluding hydrogens is 590 g/mol. The fourth-order valence-corrected chi connectivity index (χ4v) is 7.17. The number of pyridine rings is 2. The minimum absolute atomic E-state index is 0.228. The molecule has 0 atom stereocenters. The molecule has 0 radical (unpaired) electrons. The largest absolute Gasteiger partial charge is 0.367 e. The lowest BCUT2D eigenvalue weighted by molar-refractivity contribution is 0.630. The van der Waals surface area contributed by atoms with E-state index < -0.39 is 0 Å². The summed E-state index contributed by atoms with van der Waals surface area (Å²) in [5.41, 5.74) is 6.52. The van der Waals surface area contributed by atoms with Gasteiger partial charge in [0.15, 0.2) is 0 Å². The van der Waals surface area contributed by atoms with Gasteiger partial charge in [0, 0.05) is 34.6 Å². The lowest BCUT2D eigenvalue weighted by atomic mass is 10.1. The van der Waals surface area contributed by atoms with E-state index in [9.17, 15) is 8.78 Å². The first kappa shape index (κ1) is 30.9. The number of anilines is 2. The number of hydrogen-bond acceptors (Lipinski definition) is 4. The van der Waals surface area contributed by atoms with Crippen LogP contribution < -0.4 is 10.6 Å². The highest BCUT2D eigenvalue weighted by Crippen LogP contribution is 2.35. The Kier molecular flexibility index (Phi) is 8.92. The van der Waals surface area contributed by atoms with Crippen LogP contribution >= 0.6 is 0 Å². The number of rotatable bonds is 7. The maximum absolute atomic E-state index is 14.4. The highest BCUT2D eigenvalue weighted by Gasteiger charge is 2.24. The van der Waals surface area contributed by atoms with Crippen molar-refractivity contribution < 1.29 is 8.78 Å². The first-order valence-corrected chi connectivity index (χ1v) is 17.0. The molecule has 8 rings (SSSR count). The third-order valence-electron chi connectivity index (χ3n) is 9.58. The van der Waals surface area contributed by atoms with Crippen LogP contribution in [-0.2, 0) is 6.42 Å². The predicted molar refractivity (Wildman–Crippen MR) is 187 cm³/mol. The Labute approximate surface area is 274 Å². The van der Waals surface area contributed by atoms with E-state index in [-0.39, 0.29) is 11.6 Å². The third-order valence-corrected chi connectivity index (χ3v) is 9.58. The van der Waals surface area contributed by atoms with Gasteiger partial charge >= 0.3 is 0 Å². The number of aromatic nitrogens is 4. The Bertz CT molecular complexity index is 2000. The van der Waals surface area contributed by atoms with Gasteiger partial charge in [-0.1, -0.05) is 69.0 Å². The molecule has 6 aromatic rings. The van der Waals surface area contributed by atoms with Gasteiger partial charge in [-0.05, 0) is 87.6 Å². The van der Waals surface area contributed by atoms with Crippen LogP contribution in [0.3, 0.4) is 0 Å². The molecule has 2 N–H and O–H groups in total. The molecule has 242 valence electrons. The summed E-state index contributed by atoms with van der Waals surface area (Å²) in [4.78, 5) is 9.46. The second kappa shape index (κ2) is 13.6. The maximum Gasteiger partial charge on any atom is 0.139 e. The summed E-state index contributed by atoms with van der Waals surface area (Å²) in [6.45, 7) is 4.19. The van der Waals surface area contributed by atoms with Gasteiger partial charge < -0.3 is 10.6 Å². The first-order valence-electron chi connectivity index (χ1n) is 17.0. The summed E-state index contributed by atoms with van der Waals surface area (Å²) in [5.74, 6) is 1.38. The minimum atomic E-state index is -0.233. The minimum Gasteiger partial charge on any atom is -0.367 e. The molecule has 6 nitrogen and oxygen atoms in total. The fourth-order valence-electron chi connectivity index (χ4n) is 7.17. The molecule has 8 heteroatoms. The Balaban J connectivity index is 0.000000150. The second-order valence-electron chi connectivity index (χ2n) is 12.8. The number of hydrogen-bond donors (Lipinski definition) is 2. The molecule has 0 saturated heterocycles. The topological polar surface area (TPSA) is 58.7 Å². The van der Waals surface area contributed by atoms with Gasteiger partial charge in [-0.3, -0.25) is 8.80 Å². The molecule has 2 saturated carbocycles. The highest BCUT2D eigenvalue weighted by molar-refractivity contribution is 5.78. The van der Waals surface area contributed by atoms with Crippen LogP contribution in [0.2, 0.25) is 0 Å².